The van der Waals surface area contributed by atoms with Gasteiger partial charge in [-0.25, -0.2) is 9.97 Å². The van der Waals surface area contributed by atoms with Gasteiger partial charge in [0.2, 0.25) is 11.9 Å². The zero-order chi connectivity index (χ0) is 18.5. The van der Waals surface area contributed by atoms with Gasteiger partial charge in [0.1, 0.15) is 0 Å². The van der Waals surface area contributed by atoms with Gasteiger partial charge in [-0.15, -0.1) is 0 Å². The molecule has 142 valence electrons. The number of carbonyl (C=O) groups excluding carboxylic acids is 1. The van der Waals surface area contributed by atoms with E-state index < -0.39 is 0 Å². The van der Waals surface area contributed by atoms with Gasteiger partial charge in [0.05, 0.1) is 18.9 Å². The Kier molecular flexibility index (Phi) is 5.58. The maximum atomic E-state index is 12.3. The van der Waals surface area contributed by atoms with E-state index in [-0.39, 0.29) is 11.9 Å². The number of aromatic nitrogens is 3. The maximum Gasteiger partial charge on any atom is 0.225 e. The summed E-state index contributed by atoms with van der Waals surface area (Å²) in [6.07, 6.45) is 9.50. The van der Waals surface area contributed by atoms with Crippen LogP contribution in [0, 0.1) is 0 Å². The van der Waals surface area contributed by atoms with Crippen LogP contribution in [0.4, 0.5) is 5.95 Å². The van der Waals surface area contributed by atoms with Crippen LogP contribution in [0.2, 0.25) is 0 Å². The van der Waals surface area contributed by atoms with Crippen molar-refractivity contribution in [3.8, 4) is 0 Å². The highest BCUT2D eigenvalue weighted by atomic mass is 16.5. The number of fused-ring (bicyclic) bond motifs is 1. The first-order valence-corrected chi connectivity index (χ1v) is 9.64. The number of carbonyl (C=O) groups is 1. The third kappa shape index (κ3) is 4.60. The third-order valence-corrected chi connectivity index (χ3v) is 5.14. The van der Waals surface area contributed by atoms with E-state index in [9.17, 15) is 4.79 Å². The summed E-state index contributed by atoms with van der Waals surface area (Å²) in [5.41, 5.74) is 3.31. The predicted molar refractivity (Wildman–Crippen MR) is 101 cm³/mol. The molecule has 4 rings (SSSR count). The molecule has 4 heterocycles. The van der Waals surface area contributed by atoms with Gasteiger partial charge in [-0.2, -0.15) is 0 Å². The predicted octanol–water partition coefficient (Wildman–Crippen LogP) is 1.66. The van der Waals surface area contributed by atoms with Gasteiger partial charge < -0.3 is 15.0 Å². The lowest BCUT2D eigenvalue weighted by atomic mass is 10.1. The van der Waals surface area contributed by atoms with E-state index >= 15 is 0 Å². The second kappa shape index (κ2) is 8.43. The molecular formula is C20H25N5O2. The Balaban J connectivity index is 1.32. The molecule has 2 aliphatic heterocycles. The Bertz CT molecular complexity index is 783. The first-order valence-electron chi connectivity index (χ1n) is 9.64. The molecule has 1 saturated heterocycles. The second-order valence-electron chi connectivity index (χ2n) is 7.15. The zero-order valence-corrected chi connectivity index (χ0v) is 15.4. The fourth-order valence-corrected chi connectivity index (χ4v) is 3.66. The molecule has 2 aromatic rings. The molecule has 0 saturated carbocycles. The van der Waals surface area contributed by atoms with E-state index in [4.69, 9.17) is 9.72 Å². The van der Waals surface area contributed by atoms with E-state index in [1.807, 2.05) is 18.3 Å². The zero-order valence-electron chi connectivity index (χ0n) is 15.4. The number of piperidine rings is 1. The molecule has 2 aliphatic rings. The van der Waals surface area contributed by atoms with Gasteiger partial charge in [0.15, 0.2) is 0 Å². The van der Waals surface area contributed by atoms with Crippen LogP contribution in [0.25, 0.3) is 0 Å². The van der Waals surface area contributed by atoms with Gasteiger partial charge in [0.25, 0.3) is 0 Å². The highest BCUT2D eigenvalue weighted by Crippen LogP contribution is 2.20. The van der Waals surface area contributed by atoms with E-state index in [0.717, 1.165) is 68.1 Å². The molecule has 2 aromatic heterocycles. The van der Waals surface area contributed by atoms with Crippen molar-refractivity contribution in [2.75, 3.05) is 24.6 Å². The number of amides is 1. The van der Waals surface area contributed by atoms with Gasteiger partial charge in [-0.3, -0.25) is 9.78 Å². The number of rotatable bonds is 5. The fraction of sp³-hybridized carbons (Fsp3) is 0.500. The Morgan fingerprint density at radius 3 is 3.11 bits per heavy atom. The summed E-state index contributed by atoms with van der Waals surface area (Å²) < 4.78 is 5.45. The van der Waals surface area contributed by atoms with E-state index in [2.05, 4.69) is 20.2 Å². The number of anilines is 1. The third-order valence-electron chi connectivity index (χ3n) is 5.14. The molecule has 1 unspecified atom stereocenters. The SMILES string of the molecule is O=C(CCc1ccncc1)NC1CCCN(c2ncc3c(n2)CCOC3)C1. The largest absolute Gasteiger partial charge is 0.376 e. The topological polar surface area (TPSA) is 80.2 Å². The summed E-state index contributed by atoms with van der Waals surface area (Å²) in [5, 5.41) is 3.18. The molecule has 1 atom stereocenters. The molecule has 0 radical (unpaired) electrons. The number of hydrogen-bond acceptors (Lipinski definition) is 6. The van der Waals surface area contributed by atoms with E-state index in [1.165, 1.54) is 0 Å². The van der Waals surface area contributed by atoms with Crippen LogP contribution in [-0.4, -0.2) is 46.6 Å². The molecule has 1 amide bonds. The summed E-state index contributed by atoms with van der Waals surface area (Å²) in [6, 6.07) is 4.05. The van der Waals surface area contributed by atoms with Crippen LogP contribution in [0.1, 0.15) is 36.1 Å². The van der Waals surface area contributed by atoms with E-state index in [1.54, 1.807) is 12.4 Å². The monoisotopic (exact) mass is 367 g/mol. The normalized spacial score (nSPS) is 19.4. The molecule has 1 fully saturated rings. The number of nitrogens with one attached hydrogen (secondary N) is 1. The van der Waals surface area contributed by atoms with Crippen molar-refractivity contribution in [2.24, 2.45) is 0 Å². The summed E-state index contributed by atoms with van der Waals surface area (Å²) in [7, 11) is 0. The second-order valence-corrected chi connectivity index (χ2v) is 7.15. The molecule has 27 heavy (non-hydrogen) atoms. The van der Waals surface area contributed by atoms with Gasteiger partial charge in [-0.05, 0) is 37.0 Å². The summed E-state index contributed by atoms with van der Waals surface area (Å²) in [4.78, 5) is 27.8. The van der Waals surface area contributed by atoms with Crippen LogP contribution < -0.4 is 10.2 Å². The smallest absolute Gasteiger partial charge is 0.225 e. The van der Waals surface area contributed by atoms with Crippen molar-refractivity contribution in [1.29, 1.82) is 0 Å². The van der Waals surface area contributed by atoms with Gasteiger partial charge in [0, 0.05) is 56.1 Å². The fourth-order valence-electron chi connectivity index (χ4n) is 3.66. The summed E-state index contributed by atoms with van der Waals surface area (Å²) in [5.74, 6) is 0.869. The van der Waals surface area contributed by atoms with Crippen molar-refractivity contribution in [1.82, 2.24) is 20.3 Å². The van der Waals surface area contributed by atoms with Crippen molar-refractivity contribution in [3.05, 3.63) is 47.5 Å². The Hall–Kier alpha value is -2.54. The molecule has 0 aliphatic carbocycles. The minimum Gasteiger partial charge on any atom is -0.376 e. The lowest BCUT2D eigenvalue weighted by Crippen LogP contribution is -2.48. The van der Waals surface area contributed by atoms with Crippen LogP contribution in [0.5, 0.6) is 0 Å². The standard InChI is InChI=1S/C20H25N5O2/c26-19(4-3-15-5-8-21-9-6-15)23-17-2-1-10-25(13-17)20-22-12-16-14-27-11-7-18(16)24-20/h5-6,8-9,12,17H,1-4,7,10-11,13-14H2,(H,23,26). The number of nitrogens with zero attached hydrogens (tertiary/aromatic N) is 4. The molecule has 0 aromatic carbocycles. The van der Waals surface area contributed by atoms with Crippen LogP contribution in [0.15, 0.2) is 30.7 Å². The van der Waals surface area contributed by atoms with Crippen LogP contribution in [0.3, 0.4) is 0 Å². The summed E-state index contributed by atoms with van der Waals surface area (Å²) >= 11 is 0. The van der Waals surface area contributed by atoms with E-state index in [0.29, 0.717) is 13.0 Å². The highest BCUT2D eigenvalue weighted by molar-refractivity contribution is 5.76. The van der Waals surface area contributed by atoms with Crippen molar-refractivity contribution < 1.29 is 9.53 Å². The lowest BCUT2D eigenvalue weighted by Gasteiger charge is -2.33. The number of aryl methyl sites for hydroxylation is 1. The number of ether oxygens (including phenoxy) is 1. The van der Waals surface area contributed by atoms with Crippen molar-refractivity contribution >= 4 is 11.9 Å². The van der Waals surface area contributed by atoms with Gasteiger partial charge in [-0.1, -0.05) is 0 Å². The number of hydrogen-bond donors (Lipinski definition) is 1. The highest BCUT2D eigenvalue weighted by Gasteiger charge is 2.24. The Morgan fingerprint density at radius 1 is 1.33 bits per heavy atom. The molecule has 7 heteroatoms. The minimum atomic E-state index is 0.0992. The molecule has 0 bridgehead atoms. The van der Waals surface area contributed by atoms with Crippen LogP contribution in [-0.2, 0) is 29.0 Å². The quantitative estimate of drug-likeness (QED) is 0.866. The molecule has 1 N–H and O–H groups in total. The molecule has 7 nitrogen and oxygen atoms in total. The first kappa shape index (κ1) is 17.9. The summed E-state index contributed by atoms with van der Waals surface area (Å²) in [6.45, 7) is 3.01. The average molecular weight is 367 g/mol. The number of pyridine rings is 1. The maximum absolute atomic E-state index is 12.3. The Labute approximate surface area is 159 Å². The van der Waals surface area contributed by atoms with Crippen LogP contribution >= 0.6 is 0 Å². The first-order chi connectivity index (χ1) is 13.3. The van der Waals surface area contributed by atoms with Crippen molar-refractivity contribution in [3.63, 3.8) is 0 Å². The molecular weight excluding hydrogens is 342 g/mol. The average Bonchev–Trinajstić information content (AvgIpc) is 2.73. The Morgan fingerprint density at radius 2 is 2.22 bits per heavy atom. The minimum absolute atomic E-state index is 0.0992. The molecule has 0 spiro atoms. The van der Waals surface area contributed by atoms with Crippen molar-refractivity contribution in [2.45, 2.75) is 44.8 Å². The lowest BCUT2D eigenvalue weighted by molar-refractivity contribution is -0.121. The van der Waals surface area contributed by atoms with Gasteiger partial charge >= 0.3 is 0 Å².